The smallest absolute Gasteiger partial charge is 0.316 e. The van der Waals surface area contributed by atoms with Crippen molar-refractivity contribution in [1.82, 2.24) is 0 Å². The van der Waals surface area contributed by atoms with E-state index in [2.05, 4.69) is 0 Å². The van der Waals surface area contributed by atoms with Crippen LogP contribution in [-0.4, -0.2) is 25.5 Å². The summed E-state index contributed by atoms with van der Waals surface area (Å²) in [6.07, 6.45) is 0.0758. The summed E-state index contributed by atoms with van der Waals surface area (Å²) in [6.45, 7) is 0.222. The van der Waals surface area contributed by atoms with Crippen LogP contribution in [0.5, 0.6) is 11.5 Å². The number of methoxy groups -OCH3 is 1. The molecule has 0 spiro atoms. The van der Waals surface area contributed by atoms with Gasteiger partial charge in [0.1, 0.15) is 17.3 Å². The van der Waals surface area contributed by atoms with Gasteiger partial charge < -0.3 is 14.4 Å². The molecule has 0 saturated carbocycles. The van der Waals surface area contributed by atoms with Gasteiger partial charge in [-0.2, -0.15) is 0 Å². The van der Waals surface area contributed by atoms with Crippen molar-refractivity contribution in [1.29, 1.82) is 0 Å². The zero-order chi connectivity index (χ0) is 17.1. The van der Waals surface area contributed by atoms with Crippen molar-refractivity contribution in [2.75, 3.05) is 18.6 Å². The molecule has 2 aromatic carbocycles. The predicted octanol–water partition coefficient (Wildman–Crippen LogP) is 2.79. The Labute approximate surface area is 138 Å². The first-order valence-electron chi connectivity index (χ1n) is 7.48. The van der Waals surface area contributed by atoms with Crippen LogP contribution in [0.1, 0.15) is 6.42 Å². The van der Waals surface area contributed by atoms with Gasteiger partial charge in [-0.05, 0) is 48.5 Å². The van der Waals surface area contributed by atoms with Crippen LogP contribution in [0.4, 0.5) is 10.1 Å². The molecule has 1 amide bonds. The molecule has 0 unspecified atom stereocenters. The number of hydrogen-bond acceptors (Lipinski definition) is 4. The molecule has 1 atom stereocenters. The highest BCUT2D eigenvalue weighted by Gasteiger charge is 2.36. The highest BCUT2D eigenvalue weighted by molar-refractivity contribution is 5.99. The summed E-state index contributed by atoms with van der Waals surface area (Å²) in [5.74, 6) is -0.510. The quantitative estimate of drug-likeness (QED) is 0.639. The monoisotopic (exact) mass is 329 g/mol. The predicted molar refractivity (Wildman–Crippen MR) is 85.5 cm³/mol. The Bertz CT molecular complexity index is 743. The van der Waals surface area contributed by atoms with E-state index in [-0.39, 0.29) is 24.7 Å². The van der Waals surface area contributed by atoms with Gasteiger partial charge in [0.05, 0.1) is 13.0 Å². The van der Waals surface area contributed by atoms with E-state index in [4.69, 9.17) is 9.47 Å². The number of hydrogen-bond donors (Lipinski definition) is 0. The lowest BCUT2D eigenvalue weighted by atomic mass is 10.1. The van der Waals surface area contributed by atoms with E-state index in [9.17, 15) is 14.0 Å². The summed E-state index contributed by atoms with van der Waals surface area (Å²) in [6, 6.07) is 12.2. The zero-order valence-electron chi connectivity index (χ0n) is 13.1. The maximum Gasteiger partial charge on any atom is 0.316 e. The highest BCUT2D eigenvalue weighted by atomic mass is 19.1. The number of halogens is 1. The Morgan fingerprint density at radius 1 is 1.08 bits per heavy atom. The molecule has 124 valence electrons. The number of rotatable bonds is 4. The number of nitrogens with zero attached hydrogens (tertiary/aromatic N) is 1. The first-order chi connectivity index (χ1) is 11.6. The molecule has 3 rings (SSSR count). The molecule has 5 nitrogen and oxygen atoms in total. The van der Waals surface area contributed by atoms with Gasteiger partial charge in [0.2, 0.25) is 5.91 Å². The number of ether oxygens (including phenoxy) is 2. The average Bonchev–Trinajstić information content (AvgIpc) is 2.98. The Hall–Kier alpha value is -2.89. The minimum absolute atomic E-state index is 0.0758. The van der Waals surface area contributed by atoms with Gasteiger partial charge in [-0.15, -0.1) is 0 Å². The maximum absolute atomic E-state index is 13.0. The molecular weight excluding hydrogens is 313 g/mol. The van der Waals surface area contributed by atoms with Gasteiger partial charge in [0.15, 0.2) is 0 Å². The first kappa shape index (κ1) is 16.0. The van der Waals surface area contributed by atoms with Gasteiger partial charge in [0, 0.05) is 18.7 Å². The van der Waals surface area contributed by atoms with E-state index in [1.165, 1.54) is 29.2 Å². The van der Waals surface area contributed by atoms with Crippen molar-refractivity contribution in [3.63, 3.8) is 0 Å². The Morgan fingerprint density at radius 2 is 1.71 bits per heavy atom. The first-order valence-corrected chi connectivity index (χ1v) is 7.48. The van der Waals surface area contributed by atoms with Crippen molar-refractivity contribution >= 4 is 17.6 Å². The summed E-state index contributed by atoms with van der Waals surface area (Å²) in [5.41, 5.74) is 0.571. The molecule has 1 saturated heterocycles. The van der Waals surface area contributed by atoms with Gasteiger partial charge in [-0.3, -0.25) is 9.59 Å². The fourth-order valence-electron chi connectivity index (χ4n) is 2.58. The Balaban J connectivity index is 1.66. The fraction of sp³-hybridized carbons (Fsp3) is 0.222. The molecule has 0 radical (unpaired) electrons. The van der Waals surface area contributed by atoms with Crippen molar-refractivity contribution in [2.24, 2.45) is 5.92 Å². The second-order valence-corrected chi connectivity index (χ2v) is 5.48. The highest BCUT2D eigenvalue weighted by Crippen LogP contribution is 2.27. The van der Waals surface area contributed by atoms with Gasteiger partial charge in [-0.25, -0.2) is 4.39 Å². The number of carbonyl (C=O) groups excluding carboxylic acids is 2. The molecule has 24 heavy (non-hydrogen) atoms. The normalized spacial score (nSPS) is 17.0. The number of carbonyl (C=O) groups is 2. The SMILES string of the molecule is COc1ccc(OC(=O)[C@@H]2CC(=O)N(c3ccc(F)cc3)C2)cc1. The third kappa shape index (κ3) is 3.37. The summed E-state index contributed by atoms with van der Waals surface area (Å²) in [7, 11) is 1.55. The van der Waals surface area contributed by atoms with E-state index >= 15 is 0 Å². The molecular formula is C18H16FNO4. The van der Waals surface area contributed by atoms with Crippen LogP contribution in [0.15, 0.2) is 48.5 Å². The topological polar surface area (TPSA) is 55.8 Å². The minimum Gasteiger partial charge on any atom is -0.497 e. The summed E-state index contributed by atoms with van der Waals surface area (Å²) in [4.78, 5) is 25.8. The summed E-state index contributed by atoms with van der Waals surface area (Å²) < 4.78 is 23.3. The van der Waals surface area contributed by atoms with E-state index in [0.717, 1.165) is 0 Å². The number of amides is 1. The van der Waals surface area contributed by atoms with Crippen LogP contribution < -0.4 is 14.4 Å². The molecule has 0 bridgehead atoms. The molecule has 1 fully saturated rings. The van der Waals surface area contributed by atoms with E-state index in [1.54, 1.807) is 31.4 Å². The van der Waals surface area contributed by atoms with E-state index < -0.39 is 11.9 Å². The second-order valence-electron chi connectivity index (χ2n) is 5.48. The average molecular weight is 329 g/mol. The van der Waals surface area contributed by atoms with E-state index in [0.29, 0.717) is 17.2 Å². The molecule has 6 heteroatoms. The molecule has 0 N–H and O–H groups in total. The molecule has 1 heterocycles. The fourth-order valence-corrected chi connectivity index (χ4v) is 2.58. The van der Waals surface area contributed by atoms with Crippen molar-refractivity contribution in [3.8, 4) is 11.5 Å². The van der Waals surface area contributed by atoms with Crippen LogP contribution in [0, 0.1) is 11.7 Å². The molecule has 0 aliphatic carbocycles. The lowest BCUT2D eigenvalue weighted by Gasteiger charge is -2.16. The largest absolute Gasteiger partial charge is 0.497 e. The summed E-state index contributed by atoms with van der Waals surface area (Å²) >= 11 is 0. The van der Waals surface area contributed by atoms with Gasteiger partial charge >= 0.3 is 5.97 Å². The van der Waals surface area contributed by atoms with Crippen molar-refractivity contribution in [2.45, 2.75) is 6.42 Å². The molecule has 2 aromatic rings. The molecule has 1 aliphatic heterocycles. The third-order valence-corrected chi connectivity index (χ3v) is 3.87. The lowest BCUT2D eigenvalue weighted by molar-refractivity contribution is -0.139. The second kappa shape index (κ2) is 6.70. The van der Waals surface area contributed by atoms with Crippen LogP contribution in [0.25, 0.3) is 0 Å². The van der Waals surface area contributed by atoms with E-state index in [1.807, 2.05) is 0 Å². The van der Waals surface area contributed by atoms with Crippen LogP contribution in [0.3, 0.4) is 0 Å². The number of anilines is 1. The maximum atomic E-state index is 13.0. The number of benzene rings is 2. The van der Waals surface area contributed by atoms with Crippen molar-refractivity contribution < 1.29 is 23.5 Å². The third-order valence-electron chi connectivity index (χ3n) is 3.87. The number of esters is 1. The molecule has 1 aliphatic rings. The Kier molecular flexibility index (Phi) is 4.46. The summed E-state index contributed by atoms with van der Waals surface area (Å²) in [5, 5.41) is 0. The minimum atomic E-state index is -0.551. The lowest BCUT2D eigenvalue weighted by Crippen LogP contribution is -2.27. The van der Waals surface area contributed by atoms with Gasteiger partial charge in [-0.1, -0.05) is 0 Å². The van der Waals surface area contributed by atoms with Crippen LogP contribution in [0.2, 0.25) is 0 Å². The van der Waals surface area contributed by atoms with Gasteiger partial charge in [0.25, 0.3) is 0 Å². The standard InChI is InChI=1S/C18H16FNO4/c1-23-15-6-8-16(9-7-15)24-18(22)12-10-17(21)20(11-12)14-4-2-13(19)3-5-14/h2-9,12H,10-11H2,1H3/t12-/m1/s1. The Morgan fingerprint density at radius 3 is 2.33 bits per heavy atom. The molecule has 0 aromatic heterocycles. The van der Waals surface area contributed by atoms with Crippen LogP contribution >= 0.6 is 0 Å². The van der Waals surface area contributed by atoms with Crippen LogP contribution in [-0.2, 0) is 9.59 Å². The zero-order valence-corrected chi connectivity index (χ0v) is 13.1. The van der Waals surface area contributed by atoms with Crippen molar-refractivity contribution in [3.05, 3.63) is 54.3 Å².